The van der Waals surface area contributed by atoms with Crippen LogP contribution in [0.15, 0.2) is 0 Å². The Labute approximate surface area is 118 Å². The van der Waals surface area contributed by atoms with Crippen molar-refractivity contribution in [3.8, 4) is 6.01 Å². The molecule has 6 nitrogen and oxygen atoms in total. The minimum absolute atomic E-state index is 0.00212. The van der Waals surface area contributed by atoms with Crippen molar-refractivity contribution in [3.63, 3.8) is 0 Å². The molecule has 0 aromatic carbocycles. The standard InChI is InChI=1S/C12H19ClN4O2/c1-8(2)19-12-15-10(13)14-11(16-12)17-5-4-6-18-9(3)7-17/h8-9H,4-7H2,1-3H3. The van der Waals surface area contributed by atoms with Gasteiger partial charge in [0.25, 0.3) is 0 Å². The average molecular weight is 287 g/mol. The van der Waals surface area contributed by atoms with E-state index in [1.807, 2.05) is 20.8 Å². The third-order valence-electron chi connectivity index (χ3n) is 2.65. The van der Waals surface area contributed by atoms with Crippen LogP contribution in [0.2, 0.25) is 5.28 Å². The van der Waals surface area contributed by atoms with Gasteiger partial charge in [-0.3, -0.25) is 0 Å². The predicted molar refractivity (Wildman–Crippen MR) is 72.8 cm³/mol. The van der Waals surface area contributed by atoms with E-state index in [1.54, 1.807) is 0 Å². The van der Waals surface area contributed by atoms with Gasteiger partial charge in [0.2, 0.25) is 11.2 Å². The summed E-state index contributed by atoms with van der Waals surface area (Å²) in [4.78, 5) is 14.5. The minimum Gasteiger partial charge on any atom is -0.461 e. The molecule has 1 fully saturated rings. The van der Waals surface area contributed by atoms with Crippen LogP contribution in [0, 0.1) is 0 Å². The molecular weight excluding hydrogens is 268 g/mol. The lowest BCUT2D eigenvalue weighted by atomic mass is 10.3. The number of hydrogen-bond acceptors (Lipinski definition) is 6. The molecule has 0 aliphatic carbocycles. The van der Waals surface area contributed by atoms with Crippen molar-refractivity contribution >= 4 is 17.5 Å². The van der Waals surface area contributed by atoms with Crippen LogP contribution in [0.1, 0.15) is 27.2 Å². The van der Waals surface area contributed by atoms with Gasteiger partial charge in [-0.2, -0.15) is 15.0 Å². The zero-order chi connectivity index (χ0) is 13.8. The molecule has 0 N–H and O–H groups in total. The van der Waals surface area contributed by atoms with Crippen molar-refractivity contribution in [3.05, 3.63) is 5.28 Å². The molecule has 106 valence electrons. The summed E-state index contributed by atoms with van der Waals surface area (Å²) < 4.78 is 11.1. The normalized spacial score (nSPS) is 20.5. The number of hydrogen-bond donors (Lipinski definition) is 0. The quantitative estimate of drug-likeness (QED) is 0.846. The van der Waals surface area contributed by atoms with E-state index in [9.17, 15) is 0 Å². The number of nitrogens with zero attached hydrogens (tertiary/aromatic N) is 4. The highest BCUT2D eigenvalue weighted by Crippen LogP contribution is 2.18. The van der Waals surface area contributed by atoms with E-state index in [-0.39, 0.29) is 23.5 Å². The van der Waals surface area contributed by atoms with Crippen LogP contribution < -0.4 is 9.64 Å². The van der Waals surface area contributed by atoms with E-state index in [2.05, 4.69) is 19.9 Å². The lowest BCUT2D eigenvalue weighted by Gasteiger charge is -2.22. The SMILES string of the molecule is CC(C)Oc1nc(Cl)nc(N2CCCOC(C)C2)n1. The zero-order valence-electron chi connectivity index (χ0n) is 11.5. The van der Waals surface area contributed by atoms with Gasteiger partial charge in [-0.15, -0.1) is 0 Å². The molecule has 0 bridgehead atoms. The molecule has 1 atom stereocenters. The molecule has 1 aliphatic rings. The summed E-state index contributed by atoms with van der Waals surface area (Å²) in [5, 5.41) is 0.151. The van der Waals surface area contributed by atoms with Gasteiger partial charge in [0.1, 0.15) is 0 Å². The molecular formula is C12H19ClN4O2. The number of halogens is 1. The van der Waals surface area contributed by atoms with Crippen LogP contribution in [0.25, 0.3) is 0 Å². The van der Waals surface area contributed by atoms with Crippen LogP contribution in [0.4, 0.5) is 5.95 Å². The maximum Gasteiger partial charge on any atom is 0.322 e. The largest absolute Gasteiger partial charge is 0.461 e. The summed E-state index contributed by atoms with van der Waals surface area (Å²) in [6, 6.07) is 0.266. The summed E-state index contributed by atoms with van der Waals surface area (Å²) in [7, 11) is 0. The van der Waals surface area contributed by atoms with E-state index in [0.29, 0.717) is 5.95 Å². The Morgan fingerprint density at radius 2 is 2.16 bits per heavy atom. The molecule has 19 heavy (non-hydrogen) atoms. The van der Waals surface area contributed by atoms with E-state index in [1.165, 1.54) is 0 Å². The Balaban J connectivity index is 2.20. The lowest BCUT2D eigenvalue weighted by molar-refractivity contribution is 0.0820. The van der Waals surface area contributed by atoms with Crippen LogP contribution in [0.5, 0.6) is 6.01 Å². The van der Waals surface area contributed by atoms with Crippen LogP contribution in [-0.4, -0.2) is 46.9 Å². The summed E-state index contributed by atoms with van der Waals surface area (Å²) in [6.07, 6.45) is 1.08. The maximum atomic E-state index is 5.93. The van der Waals surface area contributed by atoms with Gasteiger partial charge in [0.15, 0.2) is 0 Å². The first kappa shape index (κ1) is 14.3. The highest BCUT2D eigenvalue weighted by atomic mass is 35.5. The van der Waals surface area contributed by atoms with Gasteiger partial charge in [0, 0.05) is 19.7 Å². The van der Waals surface area contributed by atoms with Crippen molar-refractivity contribution in [1.82, 2.24) is 15.0 Å². The summed E-state index contributed by atoms with van der Waals surface area (Å²) in [5.74, 6) is 0.549. The monoisotopic (exact) mass is 286 g/mol. The Kier molecular flexibility index (Phi) is 4.76. The van der Waals surface area contributed by atoms with Gasteiger partial charge >= 0.3 is 6.01 Å². The van der Waals surface area contributed by atoms with Crippen molar-refractivity contribution in [2.45, 2.75) is 39.4 Å². The predicted octanol–water partition coefficient (Wildman–Crippen LogP) is 1.93. The van der Waals surface area contributed by atoms with Gasteiger partial charge in [-0.05, 0) is 38.8 Å². The molecule has 2 rings (SSSR count). The number of rotatable bonds is 3. The Hall–Kier alpha value is -1.14. The Morgan fingerprint density at radius 1 is 1.37 bits per heavy atom. The molecule has 1 aliphatic heterocycles. The van der Waals surface area contributed by atoms with Gasteiger partial charge in [0.05, 0.1) is 12.2 Å². The first-order valence-corrected chi connectivity index (χ1v) is 6.87. The highest BCUT2D eigenvalue weighted by molar-refractivity contribution is 6.28. The third-order valence-corrected chi connectivity index (χ3v) is 2.82. The summed E-state index contributed by atoms with van der Waals surface area (Å²) in [6.45, 7) is 8.20. The molecule has 7 heteroatoms. The second kappa shape index (κ2) is 6.34. The number of anilines is 1. The van der Waals surface area contributed by atoms with Crippen molar-refractivity contribution in [1.29, 1.82) is 0 Å². The number of aromatic nitrogens is 3. The smallest absolute Gasteiger partial charge is 0.322 e. The molecule has 0 saturated carbocycles. The van der Waals surface area contributed by atoms with Crippen molar-refractivity contribution in [2.24, 2.45) is 0 Å². The fourth-order valence-electron chi connectivity index (χ4n) is 1.90. The molecule has 2 heterocycles. The Bertz CT molecular complexity index is 430. The van der Waals surface area contributed by atoms with Gasteiger partial charge < -0.3 is 14.4 Å². The first-order valence-electron chi connectivity index (χ1n) is 6.49. The fourth-order valence-corrected chi connectivity index (χ4v) is 2.05. The van der Waals surface area contributed by atoms with E-state index >= 15 is 0 Å². The van der Waals surface area contributed by atoms with E-state index in [0.717, 1.165) is 26.1 Å². The van der Waals surface area contributed by atoms with Crippen molar-refractivity contribution in [2.75, 3.05) is 24.6 Å². The number of ether oxygens (including phenoxy) is 2. The first-order chi connectivity index (χ1) is 9.04. The molecule has 1 aromatic heterocycles. The molecule has 0 radical (unpaired) electrons. The average Bonchev–Trinajstić information content (AvgIpc) is 2.52. The second-order valence-electron chi connectivity index (χ2n) is 4.83. The molecule has 1 aromatic rings. The zero-order valence-corrected chi connectivity index (χ0v) is 12.2. The van der Waals surface area contributed by atoms with Crippen LogP contribution in [-0.2, 0) is 4.74 Å². The van der Waals surface area contributed by atoms with Gasteiger partial charge in [-0.1, -0.05) is 0 Å². The molecule has 1 saturated heterocycles. The highest BCUT2D eigenvalue weighted by Gasteiger charge is 2.19. The minimum atomic E-state index is -0.00212. The van der Waals surface area contributed by atoms with E-state index in [4.69, 9.17) is 21.1 Å². The lowest BCUT2D eigenvalue weighted by Crippen LogP contribution is -2.32. The molecule has 1 unspecified atom stereocenters. The van der Waals surface area contributed by atoms with Crippen molar-refractivity contribution < 1.29 is 9.47 Å². The topological polar surface area (TPSA) is 60.4 Å². The molecule has 0 amide bonds. The summed E-state index contributed by atoms with van der Waals surface area (Å²) in [5.41, 5.74) is 0. The van der Waals surface area contributed by atoms with Gasteiger partial charge in [-0.25, -0.2) is 0 Å². The fraction of sp³-hybridized carbons (Fsp3) is 0.750. The van der Waals surface area contributed by atoms with E-state index < -0.39 is 0 Å². The van der Waals surface area contributed by atoms with Crippen LogP contribution in [0.3, 0.4) is 0 Å². The third kappa shape index (κ3) is 4.18. The summed E-state index contributed by atoms with van der Waals surface area (Å²) >= 11 is 5.93. The Morgan fingerprint density at radius 3 is 2.89 bits per heavy atom. The maximum absolute atomic E-state index is 5.93. The molecule has 0 spiro atoms. The van der Waals surface area contributed by atoms with Crippen LogP contribution >= 0.6 is 11.6 Å². The second-order valence-corrected chi connectivity index (χ2v) is 5.17.